The van der Waals surface area contributed by atoms with Crippen molar-refractivity contribution in [3.8, 4) is 16.9 Å². The first-order chi connectivity index (χ1) is 31.5. The largest absolute Gasteiger partial charge is 0.511 e. The highest BCUT2D eigenvalue weighted by molar-refractivity contribution is 6.11. The maximum Gasteiger partial charge on any atom is 0.511 e. The molecule has 5 N–H and O–H groups in total. The number of benzene rings is 2. The van der Waals surface area contributed by atoms with Gasteiger partial charge in [0.1, 0.15) is 28.9 Å². The van der Waals surface area contributed by atoms with E-state index in [-0.39, 0.29) is 45.1 Å². The third kappa shape index (κ3) is 15.9. The van der Waals surface area contributed by atoms with Crippen LogP contribution in [0.1, 0.15) is 118 Å². The van der Waals surface area contributed by atoms with Crippen molar-refractivity contribution in [3.05, 3.63) is 83.2 Å². The number of nitrogens with zero attached hydrogens (tertiary/aromatic N) is 1. The SMILES string of the molecule is C=Cc1cc(C(=O)Nc2ccc(C(=N)NC(=O)OC(C)OC(=O)C(NC(=O)OC(C)(C)C)C(C)C)cc2)c(-c2ccc(C(=O)NCC3CC3)nc2C(=O)OC(C)OC(=O)OC(C)C)cc1OC. The first kappa shape index (κ1) is 52.1. The third-order valence-electron chi connectivity index (χ3n) is 9.37. The molecule has 0 radical (unpaired) electrons. The zero-order chi connectivity index (χ0) is 49.7. The number of amidine groups is 1. The van der Waals surface area contributed by atoms with Crippen LogP contribution in [0.5, 0.6) is 5.75 Å². The second kappa shape index (κ2) is 23.1. The van der Waals surface area contributed by atoms with E-state index in [9.17, 15) is 33.6 Å². The maximum absolute atomic E-state index is 14.2. The van der Waals surface area contributed by atoms with Crippen LogP contribution in [0.2, 0.25) is 0 Å². The molecule has 3 aromatic rings. The lowest BCUT2D eigenvalue weighted by Crippen LogP contribution is -2.48. The fourth-order valence-electron chi connectivity index (χ4n) is 6.00. The van der Waals surface area contributed by atoms with Crippen LogP contribution in [0.25, 0.3) is 17.2 Å². The number of hydrogen-bond acceptors (Lipinski definition) is 16. The molecule has 4 amide bonds. The number of nitrogens with one attached hydrogen (secondary N) is 5. The molecule has 0 spiro atoms. The minimum atomic E-state index is -1.45. The summed E-state index contributed by atoms with van der Waals surface area (Å²) in [6.07, 6.45) is -2.96. The Balaban J connectivity index is 1.53. The number of carbonyl (C=O) groups is 7. The summed E-state index contributed by atoms with van der Waals surface area (Å²) in [5.41, 5.74) is -0.222. The van der Waals surface area contributed by atoms with Gasteiger partial charge in [-0.15, -0.1) is 0 Å². The van der Waals surface area contributed by atoms with Crippen molar-refractivity contribution < 1.29 is 66.7 Å². The van der Waals surface area contributed by atoms with Crippen LogP contribution in [0.3, 0.4) is 0 Å². The first-order valence-electron chi connectivity index (χ1n) is 21.4. The molecule has 4 rings (SSSR count). The lowest BCUT2D eigenvalue weighted by Gasteiger charge is -2.25. The molecule has 1 aliphatic rings. The van der Waals surface area contributed by atoms with Gasteiger partial charge in [0.25, 0.3) is 11.8 Å². The highest BCUT2D eigenvalue weighted by Gasteiger charge is 2.31. The quantitative estimate of drug-likeness (QED) is 0.0274. The molecule has 360 valence electrons. The lowest BCUT2D eigenvalue weighted by atomic mass is 9.94. The van der Waals surface area contributed by atoms with Crippen LogP contribution in [-0.2, 0) is 33.2 Å². The topological polar surface area (TPSA) is 269 Å². The minimum Gasteiger partial charge on any atom is -0.496 e. The molecule has 1 aromatic heterocycles. The van der Waals surface area contributed by atoms with Gasteiger partial charge >= 0.3 is 30.3 Å². The summed E-state index contributed by atoms with van der Waals surface area (Å²) >= 11 is 0. The van der Waals surface area contributed by atoms with Gasteiger partial charge in [-0.25, -0.2) is 29.0 Å². The molecule has 20 nitrogen and oxygen atoms in total. The zero-order valence-electron chi connectivity index (χ0n) is 39.2. The van der Waals surface area contributed by atoms with Crippen molar-refractivity contribution in [1.82, 2.24) is 20.9 Å². The minimum absolute atomic E-state index is 0.0127. The molecule has 0 aliphatic heterocycles. The Kier molecular flexibility index (Phi) is 18.0. The van der Waals surface area contributed by atoms with E-state index in [1.165, 1.54) is 75.6 Å². The molecule has 20 heteroatoms. The van der Waals surface area contributed by atoms with Gasteiger partial charge in [-0.2, -0.15) is 0 Å². The number of amides is 4. The molecule has 0 saturated heterocycles. The van der Waals surface area contributed by atoms with Crippen molar-refractivity contribution in [2.75, 3.05) is 19.0 Å². The van der Waals surface area contributed by atoms with Crippen molar-refractivity contribution in [3.63, 3.8) is 0 Å². The average molecular weight is 931 g/mol. The van der Waals surface area contributed by atoms with E-state index in [4.69, 9.17) is 38.6 Å². The number of pyridine rings is 1. The van der Waals surface area contributed by atoms with Crippen molar-refractivity contribution in [2.45, 2.75) is 105 Å². The molecule has 3 atom stereocenters. The molecule has 1 heterocycles. The molecule has 1 fully saturated rings. The molecule has 67 heavy (non-hydrogen) atoms. The number of esters is 2. The van der Waals surface area contributed by atoms with Crippen molar-refractivity contribution >= 4 is 59.7 Å². The highest BCUT2D eigenvalue weighted by Crippen LogP contribution is 2.35. The predicted molar refractivity (Wildman–Crippen MR) is 243 cm³/mol. The Morgan fingerprint density at radius 2 is 1.48 bits per heavy atom. The third-order valence-corrected chi connectivity index (χ3v) is 9.37. The summed E-state index contributed by atoms with van der Waals surface area (Å²) in [7, 11) is 1.40. The Morgan fingerprint density at radius 1 is 0.821 bits per heavy atom. The van der Waals surface area contributed by atoms with Crippen molar-refractivity contribution in [1.29, 1.82) is 5.41 Å². The number of anilines is 1. The van der Waals surface area contributed by atoms with E-state index < -0.39 is 84.2 Å². The van der Waals surface area contributed by atoms with Crippen LogP contribution in [-0.4, -0.2) is 96.9 Å². The smallest absolute Gasteiger partial charge is 0.496 e. The summed E-state index contributed by atoms with van der Waals surface area (Å²) in [6.45, 7) is 18.4. The standard InChI is InChI=1S/C47H58N6O14/c1-12-29-21-34(33(22-36(29)61-11)32-19-20-35(41(55)49-23-28-13-14-28)51-38(32)43(57)64-27(7)66-46(60)62-25(4)5)40(54)50-31-17-15-30(16-18-31)39(48)53-44(58)65-26(6)63-42(56)37(24(2)3)52-45(59)67-47(8,9)10/h12,15-22,24-28,37H,1,13-14,23H2,2-11H3,(H,49,55)(H,50,54)(H,52,59)(H2,48,53,58). The predicted octanol–water partition coefficient (Wildman–Crippen LogP) is 7.35. The first-order valence-corrected chi connectivity index (χ1v) is 21.4. The monoisotopic (exact) mass is 930 g/mol. The van der Waals surface area contributed by atoms with Gasteiger partial charge in [-0.1, -0.05) is 26.5 Å². The average Bonchev–Trinajstić information content (AvgIpc) is 4.07. The molecule has 3 unspecified atom stereocenters. The van der Waals surface area contributed by atoms with E-state index in [0.717, 1.165) is 12.8 Å². The zero-order valence-corrected chi connectivity index (χ0v) is 39.2. The van der Waals surface area contributed by atoms with Gasteiger partial charge in [0, 0.05) is 53.9 Å². The lowest BCUT2D eigenvalue weighted by molar-refractivity contribution is -0.168. The summed E-state index contributed by atoms with van der Waals surface area (Å²) < 4.78 is 36.6. The Hall–Kier alpha value is -7.51. The van der Waals surface area contributed by atoms with Gasteiger partial charge in [0.05, 0.1) is 13.2 Å². The van der Waals surface area contributed by atoms with Crippen LogP contribution in [0.15, 0.2) is 55.1 Å². The number of ether oxygens (including phenoxy) is 7. The van der Waals surface area contributed by atoms with Crippen molar-refractivity contribution in [2.24, 2.45) is 11.8 Å². The number of alkyl carbamates (subject to hydrolysis) is 2. The second-order valence-corrected chi connectivity index (χ2v) is 16.9. The van der Waals surface area contributed by atoms with E-state index >= 15 is 0 Å². The van der Waals surface area contributed by atoms with Gasteiger partial charge in [0.2, 0.25) is 12.6 Å². The number of methoxy groups -OCH3 is 1. The molecule has 0 bridgehead atoms. The fourth-order valence-corrected chi connectivity index (χ4v) is 6.00. The van der Waals surface area contributed by atoms with E-state index in [1.54, 1.807) is 48.5 Å². The highest BCUT2D eigenvalue weighted by atomic mass is 16.8. The summed E-state index contributed by atoms with van der Waals surface area (Å²) in [5.74, 6) is -3.35. The Labute approximate surface area is 388 Å². The summed E-state index contributed by atoms with van der Waals surface area (Å²) in [6, 6.07) is 10.5. The Bertz CT molecular complexity index is 2350. The van der Waals surface area contributed by atoms with Crippen LogP contribution >= 0.6 is 0 Å². The van der Waals surface area contributed by atoms with E-state index in [0.29, 0.717) is 18.0 Å². The van der Waals surface area contributed by atoms with Crippen LogP contribution < -0.4 is 26.0 Å². The number of hydrogen-bond donors (Lipinski definition) is 5. The Morgan fingerprint density at radius 3 is 2.06 bits per heavy atom. The van der Waals surface area contributed by atoms with Gasteiger partial charge < -0.3 is 49.1 Å². The summed E-state index contributed by atoms with van der Waals surface area (Å²) in [5, 5.41) is 18.7. The van der Waals surface area contributed by atoms with Crippen LogP contribution in [0.4, 0.5) is 20.1 Å². The molecular formula is C47H58N6O14. The number of aromatic nitrogens is 1. The van der Waals surface area contributed by atoms with Gasteiger partial charge in [-0.05, 0) is 108 Å². The van der Waals surface area contributed by atoms with Gasteiger partial charge in [0.15, 0.2) is 5.69 Å². The van der Waals surface area contributed by atoms with E-state index in [2.05, 4.69) is 32.8 Å². The van der Waals surface area contributed by atoms with Crippen LogP contribution in [0, 0.1) is 17.2 Å². The number of carbonyl (C=O) groups excluding carboxylic acids is 7. The molecule has 1 aliphatic carbocycles. The maximum atomic E-state index is 14.2. The molecular weight excluding hydrogens is 873 g/mol. The van der Waals surface area contributed by atoms with Gasteiger partial charge in [-0.3, -0.25) is 20.3 Å². The number of rotatable bonds is 18. The summed E-state index contributed by atoms with van der Waals surface area (Å²) in [4.78, 5) is 95.5. The van der Waals surface area contributed by atoms with E-state index in [1.807, 2.05) is 0 Å². The molecule has 1 saturated carbocycles. The molecule has 2 aromatic carbocycles. The fraction of sp³-hybridized carbons (Fsp3) is 0.426. The second-order valence-electron chi connectivity index (χ2n) is 16.9. The normalized spacial score (nSPS) is 13.4.